The van der Waals surface area contributed by atoms with Gasteiger partial charge in [-0.2, -0.15) is 4.98 Å². The Balaban J connectivity index is 1.95. The summed E-state index contributed by atoms with van der Waals surface area (Å²) in [5.41, 5.74) is 0.478. The van der Waals surface area contributed by atoms with E-state index in [1.165, 1.54) is 12.6 Å². The van der Waals surface area contributed by atoms with Gasteiger partial charge in [0.05, 0.1) is 12.1 Å². The molecule has 0 spiro atoms. The van der Waals surface area contributed by atoms with Crippen LogP contribution in [-0.2, 0) is 6.54 Å². The van der Waals surface area contributed by atoms with Crippen molar-refractivity contribution >= 4 is 21.8 Å². The third-order valence-electron chi connectivity index (χ3n) is 1.80. The van der Waals surface area contributed by atoms with Gasteiger partial charge in [0, 0.05) is 6.20 Å². The van der Waals surface area contributed by atoms with Gasteiger partial charge in [-0.3, -0.25) is 4.79 Å². The zero-order chi connectivity index (χ0) is 11.4. The molecule has 7 heteroatoms. The molecule has 1 N–H and O–H groups in total. The summed E-state index contributed by atoms with van der Waals surface area (Å²) in [4.78, 5) is 19.3. The molecule has 0 radical (unpaired) electrons. The van der Waals surface area contributed by atoms with E-state index < -0.39 is 0 Å². The monoisotopic (exact) mass is 282 g/mol. The Hall–Kier alpha value is -1.76. The van der Waals surface area contributed by atoms with Crippen LogP contribution in [0.5, 0.6) is 0 Å². The lowest BCUT2D eigenvalue weighted by Crippen LogP contribution is -2.23. The van der Waals surface area contributed by atoms with Gasteiger partial charge in [-0.1, -0.05) is 5.16 Å². The van der Waals surface area contributed by atoms with E-state index in [1.54, 1.807) is 12.1 Å². The molecule has 2 rings (SSSR count). The lowest BCUT2D eigenvalue weighted by atomic mass is 10.3. The Labute approximate surface area is 99.2 Å². The summed E-state index contributed by atoms with van der Waals surface area (Å²) in [5.74, 6) is 0.197. The predicted octanol–water partition coefficient (Wildman–Crippen LogP) is 1.16. The number of pyridine rings is 1. The maximum absolute atomic E-state index is 11.6. The van der Waals surface area contributed by atoms with Crippen molar-refractivity contribution in [2.24, 2.45) is 0 Å². The fraction of sp³-hybridized carbons (Fsp3) is 0.111. The number of carbonyl (C=O) groups is 1. The second kappa shape index (κ2) is 4.84. The Morgan fingerprint density at radius 1 is 1.44 bits per heavy atom. The Bertz CT molecular complexity index is 469. The number of hydrogen-bond donors (Lipinski definition) is 1. The largest absolute Gasteiger partial charge is 0.345 e. The lowest BCUT2D eigenvalue weighted by Gasteiger charge is -2.01. The normalized spacial score (nSPS) is 10.1. The van der Waals surface area contributed by atoms with Gasteiger partial charge in [-0.05, 0) is 28.1 Å². The average molecular weight is 283 g/mol. The first-order valence-corrected chi connectivity index (χ1v) is 5.20. The van der Waals surface area contributed by atoms with Crippen molar-refractivity contribution in [3.05, 3.63) is 40.7 Å². The van der Waals surface area contributed by atoms with Crippen molar-refractivity contribution in [2.45, 2.75) is 6.54 Å². The number of halogens is 1. The SMILES string of the molecule is O=C(NCc1ncon1)c1ccc(Br)nc1. The third-order valence-corrected chi connectivity index (χ3v) is 2.27. The van der Waals surface area contributed by atoms with Crippen LogP contribution in [0, 0.1) is 0 Å². The molecule has 82 valence electrons. The first-order valence-electron chi connectivity index (χ1n) is 4.41. The summed E-state index contributed by atoms with van der Waals surface area (Å²) in [7, 11) is 0. The van der Waals surface area contributed by atoms with Crippen LogP contribution in [-0.4, -0.2) is 21.0 Å². The highest BCUT2D eigenvalue weighted by Gasteiger charge is 2.06. The van der Waals surface area contributed by atoms with Gasteiger partial charge >= 0.3 is 0 Å². The van der Waals surface area contributed by atoms with Crippen LogP contribution >= 0.6 is 15.9 Å². The molecule has 0 aliphatic heterocycles. The van der Waals surface area contributed by atoms with Gasteiger partial charge in [0.2, 0.25) is 6.39 Å². The molecule has 2 aromatic heterocycles. The number of aromatic nitrogens is 3. The zero-order valence-electron chi connectivity index (χ0n) is 8.05. The minimum absolute atomic E-state index is 0.228. The van der Waals surface area contributed by atoms with E-state index in [-0.39, 0.29) is 12.5 Å². The molecule has 6 nitrogen and oxygen atoms in total. The van der Waals surface area contributed by atoms with Crippen LogP contribution in [0.3, 0.4) is 0 Å². The van der Waals surface area contributed by atoms with Crippen molar-refractivity contribution in [2.75, 3.05) is 0 Å². The summed E-state index contributed by atoms with van der Waals surface area (Å²) in [6.07, 6.45) is 2.69. The molecule has 2 aromatic rings. The highest BCUT2D eigenvalue weighted by molar-refractivity contribution is 9.10. The minimum atomic E-state index is -0.232. The summed E-state index contributed by atoms with van der Waals surface area (Å²) in [5, 5.41) is 6.21. The Morgan fingerprint density at radius 2 is 2.31 bits per heavy atom. The maximum Gasteiger partial charge on any atom is 0.253 e. The van der Waals surface area contributed by atoms with Crippen LogP contribution in [0.15, 0.2) is 33.8 Å². The molecule has 0 unspecified atom stereocenters. The van der Waals surface area contributed by atoms with E-state index in [0.29, 0.717) is 16.0 Å². The summed E-state index contributed by atoms with van der Waals surface area (Å²) in [6.45, 7) is 0.228. The Kier molecular flexibility index (Phi) is 3.25. The van der Waals surface area contributed by atoms with E-state index in [1.807, 2.05) is 0 Å². The molecule has 0 saturated heterocycles. The first kappa shape index (κ1) is 10.7. The minimum Gasteiger partial charge on any atom is -0.345 e. The molecule has 0 aliphatic rings. The fourth-order valence-corrected chi connectivity index (χ4v) is 1.28. The van der Waals surface area contributed by atoms with Crippen molar-refractivity contribution in [1.29, 1.82) is 0 Å². The second-order valence-corrected chi connectivity index (χ2v) is 3.71. The van der Waals surface area contributed by atoms with Crippen LogP contribution in [0.1, 0.15) is 16.2 Å². The highest BCUT2D eigenvalue weighted by atomic mass is 79.9. The molecule has 2 heterocycles. The third kappa shape index (κ3) is 2.63. The number of nitrogens with one attached hydrogen (secondary N) is 1. The molecular weight excluding hydrogens is 276 g/mol. The van der Waals surface area contributed by atoms with Crippen molar-refractivity contribution in [3.63, 3.8) is 0 Å². The van der Waals surface area contributed by atoms with Crippen LogP contribution < -0.4 is 5.32 Å². The number of rotatable bonds is 3. The molecule has 1 amide bonds. The topological polar surface area (TPSA) is 80.9 Å². The standard InChI is InChI=1S/C9H7BrN4O2/c10-7-2-1-6(3-11-7)9(15)12-4-8-13-5-16-14-8/h1-3,5H,4H2,(H,12,15). The average Bonchev–Trinajstić information content (AvgIpc) is 2.80. The summed E-state index contributed by atoms with van der Waals surface area (Å²) in [6, 6.07) is 3.37. The van der Waals surface area contributed by atoms with Gasteiger partial charge in [0.15, 0.2) is 5.82 Å². The van der Waals surface area contributed by atoms with E-state index in [2.05, 4.69) is 40.9 Å². The molecule has 0 aromatic carbocycles. The summed E-state index contributed by atoms with van der Waals surface area (Å²) < 4.78 is 5.22. The fourth-order valence-electron chi connectivity index (χ4n) is 1.04. The number of carbonyl (C=O) groups excluding carboxylic acids is 1. The Morgan fingerprint density at radius 3 is 2.94 bits per heavy atom. The molecule has 16 heavy (non-hydrogen) atoms. The van der Waals surface area contributed by atoms with E-state index >= 15 is 0 Å². The molecule has 0 atom stereocenters. The second-order valence-electron chi connectivity index (χ2n) is 2.90. The van der Waals surface area contributed by atoms with E-state index in [9.17, 15) is 4.79 Å². The zero-order valence-corrected chi connectivity index (χ0v) is 9.64. The van der Waals surface area contributed by atoms with E-state index in [4.69, 9.17) is 0 Å². The van der Waals surface area contributed by atoms with Crippen molar-refractivity contribution in [1.82, 2.24) is 20.4 Å². The highest BCUT2D eigenvalue weighted by Crippen LogP contribution is 2.06. The van der Waals surface area contributed by atoms with Crippen LogP contribution in [0.25, 0.3) is 0 Å². The maximum atomic E-state index is 11.6. The van der Waals surface area contributed by atoms with E-state index in [0.717, 1.165) is 0 Å². The lowest BCUT2D eigenvalue weighted by molar-refractivity contribution is 0.0949. The van der Waals surface area contributed by atoms with Gasteiger partial charge in [0.1, 0.15) is 4.60 Å². The molecule has 0 aliphatic carbocycles. The quantitative estimate of drug-likeness (QED) is 0.855. The molecule has 0 fully saturated rings. The van der Waals surface area contributed by atoms with Crippen molar-refractivity contribution < 1.29 is 9.32 Å². The predicted molar refractivity (Wildman–Crippen MR) is 57.4 cm³/mol. The molecular formula is C9H7BrN4O2. The number of nitrogens with zero attached hydrogens (tertiary/aromatic N) is 3. The van der Waals surface area contributed by atoms with Gasteiger partial charge in [-0.15, -0.1) is 0 Å². The van der Waals surface area contributed by atoms with Crippen LogP contribution in [0.4, 0.5) is 0 Å². The summed E-state index contributed by atoms with van der Waals surface area (Å²) >= 11 is 3.19. The number of amides is 1. The first-order chi connectivity index (χ1) is 7.75. The molecule has 0 saturated carbocycles. The number of hydrogen-bond acceptors (Lipinski definition) is 5. The van der Waals surface area contributed by atoms with Gasteiger partial charge in [0.25, 0.3) is 5.91 Å². The van der Waals surface area contributed by atoms with Gasteiger partial charge < -0.3 is 9.84 Å². The van der Waals surface area contributed by atoms with Crippen molar-refractivity contribution in [3.8, 4) is 0 Å². The van der Waals surface area contributed by atoms with Gasteiger partial charge in [-0.25, -0.2) is 4.98 Å². The van der Waals surface area contributed by atoms with Crippen LogP contribution in [0.2, 0.25) is 0 Å². The smallest absolute Gasteiger partial charge is 0.253 e. The molecule has 0 bridgehead atoms.